The molecule has 0 aliphatic carbocycles. The van der Waals surface area contributed by atoms with Crippen LogP contribution in [0.2, 0.25) is 0 Å². The lowest BCUT2D eigenvalue weighted by Gasteiger charge is -2.29. The number of benzene rings is 1. The van der Waals surface area contributed by atoms with Gasteiger partial charge < -0.3 is 19.5 Å². The number of nitrogens with zero attached hydrogens (tertiary/aromatic N) is 1. The van der Waals surface area contributed by atoms with Crippen LogP contribution >= 0.6 is 17.0 Å². The molecule has 0 amide bonds. The quantitative estimate of drug-likeness (QED) is 0.813. The molecule has 4 nitrogen and oxygen atoms in total. The van der Waals surface area contributed by atoms with Crippen molar-refractivity contribution in [3.8, 4) is 0 Å². The summed E-state index contributed by atoms with van der Waals surface area (Å²) >= 11 is 0. The topological polar surface area (TPSA) is 60.4 Å². The summed E-state index contributed by atoms with van der Waals surface area (Å²) in [5.74, 6) is -1.08. The molecule has 1 heterocycles. The molecule has 1 fully saturated rings. The second-order valence-electron chi connectivity index (χ2n) is 5.10. The summed E-state index contributed by atoms with van der Waals surface area (Å²) < 4.78 is 0.977. The van der Waals surface area contributed by atoms with Gasteiger partial charge in [-0.05, 0) is 6.92 Å². The van der Waals surface area contributed by atoms with E-state index in [1.165, 1.54) is 5.56 Å². The molecule has 2 rings (SSSR count). The summed E-state index contributed by atoms with van der Waals surface area (Å²) in [4.78, 5) is 8.89. The van der Waals surface area contributed by atoms with E-state index in [0.717, 1.165) is 37.5 Å². The van der Waals surface area contributed by atoms with Crippen molar-refractivity contribution < 1.29 is 19.5 Å². The first kappa shape index (κ1) is 18.1. The summed E-state index contributed by atoms with van der Waals surface area (Å²) in [6, 6.07) is 10.5. The van der Waals surface area contributed by atoms with Gasteiger partial charge in [0.2, 0.25) is 0 Å². The highest BCUT2D eigenvalue weighted by Gasteiger charge is 2.33. The zero-order chi connectivity index (χ0) is 13.6. The molecule has 2 unspecified atom stereocenters. The average molecular weight is 332 g/mol. The number of hydrogen-bond acceptors (Lipinski definition) is 3. The molecule has 1 aliphatic heterocycles. The maximum atomic E-state index is 9.53. The first-order chi connectivity index (χ1) is 8.41. The number of hydrogen-bond donors (Lipinski definition) is 1. The monoisotopic (exact) mass is 331 g/mol. The predicted octanol–water partition coefficient (Wildman–Crippen LogP) is 0.732. The van der Waals surface area contributed by atoms with Crippen molar-refractivity contribution in [1.82, 2.24) is 0 Å². The van der Waals surface area contributed by atoms with Gasteiger partial charge in [0.25, 0.3) is 0 Å². The number of rotatable bonds is 2. The molecule has 19 heavy (non-hydrogen) atoms. The van der Waals surface area contributed by atoms with E-state index in [2.05, 4.69) is 31.3 Å². The van der Waals surface area contributed by atoms with E-state index < -0.39 is 5.97 Å². The third-order valence-electron chi connectivity index (χ3n) is 3.06. The largest absolute Gasteiger partial charge is 0.550 e. The Balaban J connectivity index is 0.000000576. The van der Waals surface area contributed by atoms with Crippen LogP contribution in [0.25, 0.3) is 0 Å². The fourth-order valence-electron chi connectivity index (χ4n) is 2.32. The fourth-order valence-corrected chi connectivity index (χ4v) is 2.32. The number of carboxylic acid groups (broad SMARTS) is 1. The van der Waals surface area contributed by atoms with Gasteiger partial charge in [0.15, 0.2) is 0 Å². The van der Waals surface area contributed by atoms with E-state index in [0.29, 0.717) is 0 Å². The first-order valence-corrected chi connectivity index (χ1v) is 6.14. The van der Waals surface area contributed by atoms with Crippen molar-refractivity contribution in [2.75, 3.05) is 20.1 Å². The number of likely N-dealkylation sites (N-methyl/N-ethyl adjacent to an activating group) is 1. The number of aliphatic carboxylic acids is 1. The molecule has 108 valence electrons. The van der Waals surface area contributed by atoms with Gasteiger partial charge in [0.1, 0.15) is 19.2 Å². The third-order valence-corrected chi connectivity index (χ3v) is 3.06. The van der Waals surface area contributed by atoms with E-state index in [1.54, 1.807) is 0 Å². The molecule has 0 radical (unpaired) electrons. The van der Waals surface area contributed by atoms with Crippen LogP contribution in [-0.4, -0.2) is 41.8 Å². The van der Waals surface area contributed by atoms with Crippen LogP contribution in [-0.2, 0) is 11.3 Å². The van der Waals surface area contributed by atoms with Crippen molar-refractivity contribution >= 4 is 23.0 Å². The Bertz CT molecular complexity index is 382. The Kier molecular flexibility index (Phi) is 7.90. The number of carbonyl (C=O) groups is 1. The smallest absolute Gasteiger partial charge is 0.108 e. The highest BCUT2D eigenvalue weighted by molar-refractivity contribution is 8.93. The minimum atomic E-state index is -1.08. The number of aliphatic hydroxyl groups is 1. The lowest BCUT2D eigenvalue weighted by molar-refractivity contribution is -0.912. The van der Waals surface area contributed by atoms with E-state index >= 15 is 0 Å². The highest BCUT2D eigenvalue weighted by atomic mass is 79.9. The minimum Gasteiger partial charge on any atom is -0.550 e. The third kappa shape index (κ3) is 7.30. The van der Waals surface area contributed by atoms with E-state index in [4.69, 9.17) is 9.90 Å². The van der Waals surface area contributed by atoms with Crippen LogP contribution in [0.3, 0.4) is 0 Å². The maximum Gasteiger partial charge on any atom is 0.108 e. The van der Waals surface area contributed by atoms with Gasteiger partial charge in [-0.15, -0.1) is 17.0 Å². The molecule has 0 bridgehead atoms. The number of halogens is 1. The van der Waals surface area contributed by atoms with Gasteiger partial charge in [-0.1, -0.05) is 30.3 Å². The molecular formula is C14H22BrNO3. The van der Waals surface area contributed by atoms with Crippen molar-refractivity contribution in [3.05, 3.63) is 35.9 Å². The number of carboxylic acids is 1. The molecule has 5 heteroatoms. The first-order valence-electron chi connectivity index (χ1n) is 6.14. The van der Waals surface area contributed by atoms with Crippen LogP contribution in [0.1, 0.15) is 18.9 Å². The van der Waals surface area contributed by atoms with E-state index in [-0.39, 0.29) is 23.1 Å². The van der Waals surface area contributed by atoms with Crippen LogP contribution in [0.15, 0.2) is 30.3 Å². The Morgan fingerprint density at radius 2 is 1.95 bits per heavy atom. The van der Waals surface area contributed by atoms with Gasteiger partial charge in [0, 0.05) is 18.0 Å². The molecule has 1 saturated heterocycles. The van der Waals surface area contributed by atoms with Crippen molar-refractivity contribution in [2.24, 2.45) is 0 Å². The second-order valence-corrected chi connectivity index (χ2v) is 5.10. The Hall–Kier alpha value is -0.910. The molecule has 1 aliphatic rings. The van der Waals surface area contributed by atoms with E-state index in [9.17, 15) is 5.11 Å². The SMILES string of the molecule is Br.CC(=O)[O-].C[N+]1(Cc2ccccc2)CCC(O)C1. The number of aliphatic hydroxyl groups excluding tert-OH is 1. The molecule has 0 saturated carbocycles. The zero-order valence-electron chi connectivity index (χ0n) is 11.4. The second kappa shape index (κ2) is 8.30. The molecular weight excluding hydrogens is 310 g/mol. The normalized spacial score (nSPS) is 24.9. The summed E-state index contributed by atoms with van der Waals surface area (Å²) in [5, 5.41) is 18.4. The van der Waals surface area contributed by atoms with Crippen LogP contribution in [0, 0.1) is 0 Å². The lowest BCUT2D eigenvalue weighted by atomic mass is 10.2. The molecule has 0 spiro atoms. The van der Waals surface area contributed by atoms with Gasteiger partial charge in [-0.2, -0.15) is 0 Å². The van der Waals surface area contributed by atoms with Gasteiger partial charge >= 0.3 is 0 Å². The van der Waals surface area contributed by atoms with Crippen LogP contribution < -0.4 is 5.11 Å². The number of quaternary nitrogens is 1. The lowest BCUT2D eigenvalue weighted by Crippen LogP contribution is -2.41. The zero-order valence-corrected chi connectivity index (χ0v) is 13.1. The van der Waals surface area contributed by atoms with Gasteiger partial charge in [0.05, 0.1) is 13.6 Å². The summed E-state index contributed by atoms with van der Waals surface area (Å²) in [6.07, 6.45) is 0.854. The summed E-state index contributed by atoms with van der Waals surface area (Å²) in [7, 11) is 2.23. The molecule has 0 aromatic heterocycles. The predicted molar refractivity (Wildman–Crippen MR) is 77.7 cm³/mol. The van der Waals surface area contributed by atoms with Gasteiger partial charge in [-0.25, -0.2) is 0 Å². The van der Waals surface area contributed by atoms with Crippen molar-refractivity contribution in [3.63, 3.8) is 0 Å². The summed E-state index contributed by atoms with van der Waals surface area (Å²) in [6.45, 7) is 4.00. The summed E-state index contributed by atoms with van der Waals surface area (Å²) in [5.41, 5.74) is 1.36. The molecule has 1 N–H and O–H groups in total. The average Bonchev–Trinajstić information content (AvgIpc) is 2.59. The van der Waals surface area contributed by atoms with Gasteiger partial charge in [-0.3, -0.25) is 0 Å². The van der Waals surface area contributed by atoms with Crippen LogP contribution in [0.5, 0.6) is 0 Å². The van der Waals surface area contributed by atoms with E-state index in [1.807, 2.05) is 6.07 Å². The van der Waals surface area contributed by atoms with Crippen molar-refractivity contribution in [1.29, 1.82) is 0 Å². The standard InChI is InChI=1S/C12H18NO.C2H4O2.BrH/c1-13(8-7-12(14)10-13)9-11-5-3-2-4-6-11;1-2(3)4;/h2-6,12,14H,7-10H2,1H3;1H3,(H,3,4);1H/q+1;;/p-1. The molecule has 1 aromatic carbocycles. The Labute approximate surface area is 125 Å². The van der Waals surface area contributed by atoms with Crippen LogP contribution in [0.4, 0.5) is 0 Å². The number of carbonyl (C=O) groups excluding carboxylic acids is 1. The maximum absolute atomic E-state index is 9.53. The van der Waals surface area contributed by atoms with Crippen molar-refractivity contribution in [2.45, 2.75) is 26.0 Å². The minimum absolute atomic E-state index is 0. The number of likely N-dealkylation sites (tertiary alicyclic amines) is 1. The Morgan fingerprint density at radius 1 is 1.42 bits per heavy atom. The Morgan fingerprint density at radius 3 is 2.37 bits per heavy atom. The highest BCUT2D eigenvalue weighted by Crippen LogP contribution is 2.20. The molecule has 2 atom stereocenters. The molecule has 1 aromatic rings. The fraction of sp³-hybridized carbons (Fsp3) is 0.500.